The van der Waals surface area contributed by atoms with E-state index in [-0.39, 0.29) is 0 Å². The van der Waals surface area contributed by atoms with E-state index in [1.54, 1.807) is 0 Å². The van der Waals surface area contributed by atoms with Gasteiger partial charge in [-0.1, -0.05) is 0 Å². The van der Waals surface area contributed by atoms with Gasteiger partial charge in [0.2, 0.25) is 5.79 Å². The molecular formula is C12H22O11. The van der Waals surface area contributed by atoms with Crippen LogP contribution in [0.5, 0.6) is 0 Å². The molecule has 136 valence electrons. The maximum atomic E-state index is 10.00. The molecule has 11 nitrogen and oxygen atoms in total. The first-order chi connectivity index (χ1) is 10.8. The largest absolute Gasteiger partial charge is 0.394 e. The molecule has 2 heterocycles. The summed E-state index contributed by atoms with van der Waals surface area (Å²) in [5, 5.41) is 76.7. The molecule has 2 aliphatic heterocycles. The Bertz CT molecular complexity index is 393. The second-order valence-electron chi connectivity index (χ2n) is 5.56. The van der Waals surface area contributed by atoms with Crippen molar-refractivity contribution in [3.63, 3.8) is 0 Å². The van der Waals surface area contributed by atoms with Gasteiger partial charge in [0.25, 0.3) is 0 Å². The smallest absolute Gasteiger partial charge is 0.224 e. The van der Waals surface area contributed by atoms with Crippen LogP contribution in [0.1, 0.15) is 0 Å². The van der Waals surface area contributed by atoms with Crippen LogP contribution in [0.15, 0.2) is 0 Å². The summed E-state index contributed by atoms with van der Waals surface area (Å²) in [6.07, 6.45) is -12.7. The van der Waals surface area contributed by atoms with Gasteiger partial charge in [-0.15, -0.1) is 0 Å². The molecule has 2 saturated heterocycles. The number of hydrogen-bond donors (Lipinski definition) is 8. The molecule has 0 bridgehead atoms. The summed E-state index contributed by atoms with van der Waals surface area (Å²) >= 11 is 0. The van der Waals surface area contributed by atoms with Crippen LogP contribution in [0.3, 0.4) is 0 Å². The number of hydrogen-bond acceptors (Lipinski definition) is 11. The van der Waals surface area contributed by atoms with Gasteiger partial charge in [0, 0.05) is 0 Å². The average Bonchev–Trinajstić information content (AvgIpc) is 2.80. The number of aliphatic hydroxyl groups excluding tert-OH is 8. The minimum atomic E-state index is -2.22. The van der Waals surface area contributed by atoms with Crippen LogP contribution in [0.25, 0.3) is 0 Å². The second-order valence-corrected chi connectivity index (χ2v) is 5.56. The van der Waals surface area contributed by atoms with Gasteiger partial charge < -0.3 is 55.1 Å². The SMILES string of the molecule is OC[C@H]1O[C@](CO)(O[C@H]2O[C@H](CO)[C@@H](O)[C@H](O)[C@H]2O)[C@@H](O)[C@@H]1O. The molecule has 0 spiro atoms. The fourth-order valence-electron chi connectivity index (χ4n) is 2.63. The van der Waals surface area contributed by atoms with Crippen LogP contribution in [0.4, 0.5) is 0 Å². The maximum Gasteiger partial charge on any atom is 0.224 e. The highest BCUT2D eigenvalue weighted by Crippen LogP contribution is 2.35. The zero-order valence-corrected chi connectivity index (χ0v) is 12.0. The van der Waals surface area contributed by atoms with E-state index in [4.69, 9.17) is 24.4 Å². The van der Waals surface area contributed by atoms with Gasteiger partial charge in [-0.05, 0) is 0 Å². The standard InChI is InChI=1S/C12H22O11/c13-1-4-6(16)8(18)9(19)11(21-4)23-12(3-15)10(20)7(17)5(2-14)22-12/h4-11,13-20H,1-3H2/t4-,5-,6-,7-,8+,9-,10+,11-,12-/m1/s1. The molecule has 2 aliphatic rings. The molecule has 0 radical (unpaired) electrons. The molecular weight excluding hydrogens is 320 g/mol. The van der Waals surface area contributed by atoms with Gasteiger partial charge in [-0.3, -0.25) is 0 Å². The highest BCUT2D eigenvalue weighted by Gasteiger charge is 2.58. The molecule has 23 heavy (non-hydrogen) atoms. The van der Waals surface area contributed by atoms with Gasteiger partial charge in [0.15, 0.2) is 6.29 Å². The van der Waals surface area contributed by atoms with E-state index in [1.165, 1.54) is 0 Å². The third-order valence-corrected chi connectivity index (χ3v) is 4.07. The van der Waals surface area contributed by atoms with Crippen LogP contribution in [-0.4, -0.2) is 115 Å². The third kappa shape index (κ3) is 3.23. The number of aliphatic hydroxyl groups is 8. The monoisotopic (exact) mass is 342 g/mol. The second kappa shape index (κ2) is 7.21. The van der Waals surface area contributed by atoms with Crippen molar-refractivity contribution in [2.45, 2.75) is 54.8 Å². The first-order valence-corrected chi connectivity index (χ1v) is 7.05. The summed E-state index contributed by atoms with van der Waals surface area (Å²) in [6.45, 7) is -2.32. The fourth-order valence-corrected chi connectivity index (χ4v) is 2.63. The van der Waals surface area contributed by atoms with Gasteiger partial charge in [0.1, 0.15) is 49.3 Å². The van der Waals surface area contributed by atoms with E-state index < -0.39 is 74.6 Å². The minimum absolute atomic E-state index is 0.669. The van der Waals surface area contributed by atoms with Crippen LogP contribution < -0.4 is 0 Å². The Morgan fingerprint density at radius 1 is 0.783 bits per heavy atom. The van der Waals surface area contributed by atoms with E-state index in [0.717, 1.165) is 0 Å². The van der Waals surface area contributed by atoms with Crippen molar-refractivity contribution in [2.24, 2.45) is 0 Å². The van der Waals surface area contributed by atoms with Gasteiger partial charge in [-0.2, -0.15) is 0 Å². The lowest BCUT2D eigenvalue weighted by atomic mass is 9.99. The summed E-state index contributed by atoms with van der Waals surface area (Å²) in [7, 11) is 0. The van der Waals surface area contributed by atoms with Gasteiger partial charge >= 0.3 is 0 Å². The Kier molecular flexibility index (Phi) is 5.92. The van der Waals surface area contributed by atoms with E-state index >= 15 is 0 Å². The molecule has 0 aromatic heterocycles. The minimum Gasteiger partial charge on any atom is -0.394 e. The van der Waals surface area contributed by atoms with E-state index in [0.29, 0.717) is 0 Å². The van der Waals surface area contributed by atoms with Crippen LogP contribution in [0.2, 0.25) is 0 Å². The third-order valence-electron chi connectivity index (χ3n) is 4.07. The maximum absolute atomic E-state index is 10.00. The molecule has 0 unspecified atom stereocenters. The van der Waals surface area contributed by atoms with Gasteiger partial charge in [-0.25, -0.2) is 0 Å². The normalized spacial score (nSPS) is 51.1. The van der Waals surface area contributed by atoms with Crippen molar-refractivity contribution in [1.82, 2.24) is 0 Å². The molecule has 0 aromatic carbocycles. The lowest BCUT2D eigenvalue weighted by Gasteiger charge is -2.43. The first kappa shape index (κ1) is 18.9. The van der Waals surface area contributed by atoms with Crippen LogP contribution in [-0.2, 0) is 14.2 Å². The average molecular weight is 342 g/mol. The molecule has 0 amide bonds. The quantitative estimate of drug-likeness (QED) is 0.238. The molecule has 2 fully saturated rings. The summed E-state index contributed by atoms with van der Waals surface area (Å²) in [6, 6.07) is 0. The molecule has 8 N–H and O–H groups in total. The summed E-state index contributed by atoms with van der Waals surface area (Å²) in [5.74, 6) is -2.22. The van der Waals surface area contributed by atoms with Crippen molar-refractivity contribution < 1.29 is 55.1 Å². The first-order valence-electron chi connectivity index (χ1n) is 7.05. The van der Waals surface area contributed by atoms with E-state index in [9.17, 15) is 30.6 Å². The Hall–Kier alpha value is -0.440. The Balaban J connectivity index is 2.18. The molecule has 9 atom stereocenters. The van der Waals surface area contributed by atoms with Gasteiger partial charge in [0.05, 0.1) is 13.2 Å². The lowest BCUT2D eigenvalue weighted by Crippen LogP contribution is -2.62. The zero-order valence-electron chi connectivity index (χ0n) is 12.0. The predicted octanol–water partition coefficient (Wildman–Crippen LogP) is -5.40. The molecule has 0 aliphatic carbocycles. The van der Waals surface area contributed by atoms with Crippen molar-refractivity contribution >= 4 is 0 Å². The summed E-state index contributed by atoms with van der Waals surface area (Å²) in [4.78, 5) is 0. The molecule has 2 rings (SSSR count). The van der Waals surface area contributed by atoms with Crippen molar-refractivity contribution in [3.05, 3.63) is 0 Å². The molecule has 11 heteroatoms. The Morgan fingerprint density at radius 3 is 1.87 bits per heavy atom. The zero-order chi connectivity index (χ0) is 17.4. The summed E-state index contributed by atoms with van der Waals surface area (Å²) < 4.78 is 15.4. The molecule has 0 saturated carbocycles. The number of rotatable bonds is 5. The van der Waals surface area contributed by atoms with Crippen molar-refractivity contribution in [3.8, 4) is 0 Å². The van der Waals surface area contributed by atoms with Crippen molar-refractivity contribution in [1.29, 1.82) is 0 Å². The number of ether oxygens (including phenoxy) is 3. The highest BCUT2D eigenvalue weighted by atomic mass is 16.8. The lowest BCUT2D eigenvalue weighted by molar-refractivity contribution is -0.383. The van der Waals surface area contributed by atoms with E-state index in [2.05, 4.69) is 0 Å². The Morgan fingerprint density at radius 2 is 1.39 bits per heavy atom. The van der Waals surface area contributed by atoms with Crippen molar-refractivity contribution in [2.75, 3.05) is 19.8 Å². The highest BCUT2D eigenvalue weighted by molar-refractivity contribution is 4.98. The molecule has 0 aromatic rings. The van der Waals surface area contributed by atoms with Crippen LogP contribution >= 0.6 is 0 Å². The fraction of sp³-hybridized carbons (Fsp3) is 1.00. The topological polar surface area (TPSA) is 190 Å². The van der Waals surface area contributed by atoms with Crippen LogP contribution in [0, 0.1) is 0 Å². The Labute approximate surface area is 130 Å². The predicted molar refractivity (Wildman–Crippen MR) is 68.6 cm³/mol. The summed E-state index contributed by atoms with van der Waals surface area (Å²) in [5.41, 5.74) is 0. The van der Waals surface area contributed by atoms with E-state index in [1.807, 2.05) is 0 Å².